The van der Waals surface area contributed by atoms with Gasteiger partial charge in [0.25, 0.3) is 0 Å². The van der Waals surface area contributed by atoms with E-state index in [9.17, 15) is 18.0 Å². The van der Waals surface area contributed by atoms with E-state index in [-0.39, 0.29) is 29.0 Å². The Hall–Kier alpha value is -2.13. The first-order chi connectivity index (χ1) is 11.8. The Labute approximate surface area is 147 Å². The molecule has 0 saturated carbocycles. The Morgan fingerprint density at radius 3 is 2.60 bits per heavy atom. The van der Waals surface area contributed by atoms with Crippen LogP contribution in [-0.2, 0) is 19.4 Å². The summed E-state index contributed by atoms with van der Waals surface area (Å²) in [6.45, 7) is 2.85. The van der Waals surface area contributed by atoms with E-state index in [0.29, 0.717) is 25.4 Å². The van der Waals surface area contributed by atoms with Crippen molar-refractivity contribution >= 4 is 21.7 Å². The number of hydrogen-bond acceptors (Lipinski definition) is 6. The molecule has 1 fully saturated rings. The van der Waals surface area contributed by atoms with E-state index in [0.717, 1.165) is 0 Å². The summed E-state index contributed by atoms with van der Waals surface area (Å²) in [6.07, 6.45) is 0. The highest BCUT2D eigenvalue weighted by molar-refractivity contribution is 7.91. The third kappa shape index (κ3) is 4.93. The van der Waals surface area contributed by atoms with E-state index < -0.39 is 15.9 Å². The van der Waals surface area contributed by atoms with Crippen molar-refractivity contribution in [3.05, 3.63) is 24.3 Å². The summed E-state index contributed by atoms with van der Waals surface area (Å²) in [4.78, 5) is 25.5. The predicted molar refractivity (Wildman–Crippen MR) is 92.1 cm³/mol. The molecule has 0 aliphatic carbocycles. The van der Waals surface area contributed by atoms with Gasteiger partial charge in [0, 0.05) is 33.1 Å². The standard InChI is InChI=1S/C16H23N3O5S/c1-12(20)19-9-7-17-11-15(19)16(21)18-8-10-25(22,23)14-5-3-13(24-2)4-6-14/h3-6,15,17H,7-11H2,1-2H3,(H,18,21). The summed E-state index contributed by atoms with van der Waals surface area (Å²) in [5, 5.41) is 5.67. The molecule has 2 N–H and O–H groups in total. The molecule has 1 aliphatic heterocycles. The second kappa shape index (κ2) is 8.30. The summed E-state index contributed by atoms with van der Waals surface area (Å²) in [5.41, 5.74) is 0. The molecular formula is C16H23N3O5S. The number of hydrogen-bond donors (Lipinski definition) is 2. The molecule has 1 atom stereocenters. The maximum absolute atomic E-state index is 12.3. The second-order valence-corrected chi connectivity index (χ2v) is 7.83. The molecule has 1 aromatic rings. The van der Waals surface area contributed by atoms with E-state index in [1.54, 1.807) is 12.1 Å². The van der Waals surface area contributed by atoms with Gasteiger partial charge in [-0.25, -0.2) is 8.42 Å². The minimum atomic E-state index is -3.51. The number of nitrogens with one attached hydrogen (secondary N) is 2. The van der Waals surface area contributed by atoms with Crippen molar-refractivity contribution < 1.29 is 22.7 Å². The number of sulfone groups is 1. The van der Waals surface area contributed by atoms with Gasteiger partial charge in [-0.1, -0.05) is 0 Å². The smallest absolute Gasteiger partial charge is 0.244 e. The van der Waals surface area contributed by atoms with Crippen LogP contribution in [0.5, 0.6) is 5.75 Å². The Morgan fingerprint density at radius 1 is 1.32 bits per heavy atom. The van der Waals surface area contributed by atoms with Gasteiger partial charge >= 0.3 is 0 Å². The normalized spacial score (nSPS) is 17.8. The van der Waals surface area contributed by atoms with Crippen molar-refractivity contribution in [2.45, 2.75) is 17.9 Å². The van der Waals surface area contributed by atoms with Crippen LogP contribution in [0.4, 0.5) is 0 Å². The van der Waals surface area contributed by atoms with Gasteiger partial charge in [0.2, 0.25) is 11.8 Å². The molecule has 2 rings (SSSR count). The number of amides is 2. The van der Waals surface area contributed by atoms with E-state index in [4.69, 9.17) is 4.74 Å². The van der Waals surface area contributed by atoms with Gasteiger partial charge in [0.15, 0.2) is 9.84 Å². The summed E-state index contributed by atoms with van der Waals surface area (Å²) >= 11 is 0. The van der Waals surface area contributed by atoms with Crippen molar-refractivity contribution in [1.82, 2.24) is 15.5 Å². The number of piperazine rings is 1. The van der Waals surface area contributed by atoms with Crippen LogP contribution in [0.3, 0.4) is 0 Å². The SMILES string of the molecule is COc1ccc(S(=O)(=O)CCNC(=O)C2CNCCN2C(C)=O)cc1. The Bertz CT molecular complexity index is 718. The maximum Gasteiger partial charge on any atom is 0.244 e. The average Bonchev–Trinajstić information content (AvgIpc) is 2.61. The zero-order valence-corrected chi connectivity index (χ0v) is 15.1. The Kier molecular flexibility index (Phi) is 6.38. The van der Waals surface area contributed by atoms with Crippen LogP contribution in [0.25, 0.3) is 0 Å². The van der Waals surface area contributed by atoms with Crippen LogP contribution >= 0.6 is 0 Å². The summed E-state index contributed by atoms with van der Waals surface area (Å²) < 4.78 is 29.6. The second-order valence-electron chi connectivity index (χ2n) is 5.72. The highest BCUT2D eigenvalue weighted by Gasteiger charge is 2.30. The van der Waals surface area contributed by atoms with Crippen LogP contribution in [0.2, 0.25) is 0 Å². The monoisotopic (exact) mass is 369 g/mol. The van der Waals surface area contributed by atoms with Gasteiger partial charge < -0.3 is 20.3 Å². The molecular weight excluding hydrogens is 346 g/mol. The summed E-state index contributed by atoms with van der Waals surface area (Å²) in [5.74, 6) is -0.174. The fourth-order valence-corrected chi connectivity index (χ4v) is 3.80. The van der Waals surface area contributed by atoms with Crippen molar-refractivity contribution in [2.24, 2.45) is 0 Å². The molecule has 8 nitrogen and oxygen atoms in total. The third-order valence-electron chi connectivity index (χ3n) is 4.04. The number of carbonyl (C=O) groups excluding carboxylic acids is 2. The zero-order valence-electron chi connectivity index (χ0n) is 14.3. The number of benzene rings is 1. The lowest BCUT2D eigenvalue weighted by Gasteiger charge is -2.34. The van der Waals surface area contributed by atoms with Gasteiger partial charge in [0.05, 0.1) is 17.8 Å². The first-order valence-electron chi connectivity index (χ1n) is 7.97. The van der Waals surface area contributed by atoms with Gasteiger partial charge in [-0.2, -0.15) is 0 Å². The molecule has 0 spiro atoms. The first kappa shape index (κ1) is 19.2. The lowest BCUT2D eigenvalue weighted by Crippen LogP contribution is -2.59. The number of carbonyl (C=O) groups is 2. The van der Waals surface area contributed by atoms with Crippen LogP contribution in [-0.4, -0.2) is 70.2 Å². The summed E-state index contributed by atoms with van der Waals surface area (Å²) in [7, 11) is -2.00. The zero-order chi connectivity index (χ0) is 18.4. The number of ether oxygens (including phenoxy) is 1. The highest BCUT2D eigenvalue weighted by Crippen LogP contribution is 2.16. The molecule has 0 bridgehead atoms. The van der Waals surface area contributed by atoms with Gasteiger partial charge in [0.1, 0.15) is 11.8 Å². The number of rotatable bonds is 6. The van der Waals surface area contributed by atoms with Crippen LogP contribution in [0.1, 0.15) is 6.92 Å². The topological polar surface area (TPSA) is 105 Å². The fraction of sp³-hybridized carbons (Fsp3) is 0.500. The molecule has 1 saturated heterocycles. The van der Waals surface area contributed by atoms with Crippen LogP contribution in [0.15, 0.2) is 29.2 Å². The molecule has 1 heterocycles. The van der Waals surface area contributed by atoms with Gasteiger partial charge in [-0.05, 0) is 24.3 Å². The predicted octanol–water partition coefficient (Wildman–Crippen LogP) is -0.595. The van der Waals surface area contributed by atoms with Crippen molar-refractivity contribution in [2.75, 3.05) is 39.0 Å². The molecule has 1 unspecified atom stereocenters. The van der Waals surface area contributed by atoms with Gasteiger partial charge in [-0.3, -0.25) is 9.59 Å². The van der Waals surface area contributed by atoms with Gasteiger partial charge in [-0.15, -0.1) is 0 Å². The molecule has 2 amide bonds. The minimum absolute atomic E-state index is 0.0184. The molecule has 0 aromatic heterocycles. The molecule has 1 aromatic carbocycles. The number of nitrogens with zero attached hydrogens (tertiary/aromatic N) is 1. The first-order valence-corrected chi connectivity index (χ1v) is 9.63. The molecule has 1 aliphatic rings. The quantitative estimate of drug-likeness (QED) is 0.694. The molecule has 0 radical (unpaired) electrons. The highest BCUT2D eigenvalue weighted by atomic mass is 32.2. The third-order valence-corrected chi connectivity index (χ3v) is 5.77. The lowest BCUT2D eigenvalue weighted by molar-refractivity contribution is -0.139. The van der Waals surface area contributed by atoms with E-state index in [1.807, 2.05) is 0 Å². The van der Waals surface area contributed by atoms with Crippen molar-refractivity contribution in [3.63, 3.8) is 0 Å². The Balaban J connectivity index is 1.91. The minimum Gasteiger partial charge on any atom is -0.497 e. The Morgan fingerprint density at radius 2 is 2.00 bits per heavy atom. The van der Waals surface area contributed by atoms with Crippen LogP contribution < -0.4 is 15.4 Å². The molecule has 138 valence electrons. The number of methoxy groups -OCH3 is 1. The lowest BCUT2D eigenvalue weighted by atomic mass is 10.1. The van der Waals surface area contributed by atoms with Crippen LogP contribution in [0, 0.1) is 0 Å². The fourth-order valence-electron chi connectivity index (χ4n) is 2.64. The van der Waals surface area contributed by atoms with E-state index >= 15 is 0 Å². The van der Waals surface area contributed by atoms with E-state index in [2.05, 4.69) is 10.6 Å². The van der Waals surface area contributed by atoms with E-state index in [1.165, 1.54) is 31.1 Å². The average molecular weight is 369 g/mol. The largest absolute Gasteiger partial charge is 0.497 e. The molecule has 25 heavy (non-hydrogen) atoms. The summed E-state index contributed by atoms with van der Waals surface area (Å²) in [6, 6.07) is 5.47. The van der Waals surface area contributed by atoms with Crippen molar-refractivity contribution in [3.8, 4) is 5.75 Å². The van der Waals surface area contributed by atoms with Crippen molar-refractivity contribution in [1.29, 1.82) is 0 Å². The maximum atomic E-state index is 12.3. The molecule has 9 heteroatoms.